The van der Waals surface area contributed by atoms with Crippen LogP contribution in [0.1, 0.15) is 25.7 Å². The first-order chi connectivity index (χ1) is 8.91. The van der Waals surface area contributed by atoms with Gasteiger partial charge in [-0.1, -0.05) is 24.4 Å². The van der Waals surface area contributed by atoms with Crippen LogP contribution in [0.5, 0.6) is 0 Å². The van der Waals surface area contributed by atoms with E-state index in [1.807, 2.05) is 0 Å². The van der Waals surface area contributed by atoms with Crippen LogP contribution in [0.25, 0.3) is 0 Å². The highest BCUT2D eigenvalue weighted by molar-refractivity contribution is 7.89. The van der Waals surface area contributed by atoms with Gasteiger partial charge in [0, 0.05) is 13.6 Å². The molecular formula is C13H19ClN2O2S. The average Bonchev–Trinajstić information content (AvgIpc) is 2.85. The number of nitrogen functional groups attached to an aromatic ring is 1. The number of rotatable bonds is 4. The van der Waals surface area contributed by atoms with Crippen molar-refractivity contribution in [2.24, 2.45) is 5.92 Å². The van der Waals surface area contributed by atoms with Crippen molar-refractivity contribution in [2.45, 2.75) is 30.6 Å². The molecule has 6 heteroatoms. The van der Waals surface area contributed by atoms with E-state index in [4.69, 9.17) is 17.3 Å². The molecule has 0 spiro atoms. The lowest BCUT2D eigenvalue weighted by atomic mass is 10.1. The van der Waals surface area contributed by atoms with Crippen molar-refractivity contribution < 1.29 is 8.42 Å². The maximum Gasteiger partial charge on any atom is 0.242 e. The smallest absolute Gasteiger partial charge is 0.242 e. The minimum atomic E-state index is -3.47. The Labute approximate surface area is 119 Å². The largest absolute Gasteiger partial charge is 0.398 e. The van der Waals surface area contributed by atoms with Gasteiger partial charge in [-0.15, -0.1) is 0 Å². The zero-order valence-corrected chi connectivity index (χ0v) is 12.5. The predicted molar refractivity (Wildman–Crippen MR) is 77.6 cm³/mol. The van der Waals surface area contributed by atoms with Crippen LogP contribution in [-0.4, -0.2) is 26.3 Å². The second-order valence-electron chi connectivity index (χ2n) is 5.12. The fraction of sp³-hybridized carbons (Fsp3) is 0.538. The van der Waals surface area contributed by atoms with Gasteiger partial charge < -0.3 is 5.73 Å². The Balaban J connectivity index is 2.18. The van der Waals surface area contributed by atoms with Crippen LogP contribution < -0.4 is 5.73 Å². The van der Waals surface area contributed by atoms with E-state index in [0.29, 0.717) is 18.2 Å². The van der Waals surface area contributed by atoms with Gasteiger partial charge in [-0.2, -0.15) is 0 Å². The Bertz CT molecular complexity index is 554. The molecule has 1 aromatic carbocycles. The van der Waals surface area contributed by atoms with Crippen molar-refractivity contribution in [2.75, 3.05) is 19.3 Å². The third-order valence-corrected chi connectivity index (χ3v) is 5.82. The number of hydrogen-bond acceptors (Lipinski definition) is 3. The van der Waals surface area contributed by atoms with Gasteiger partial charge in [-0.25, -0.2) is 12.7 Å². The molecule has 2 rings (SSSR count). The summed E-state index contributed by atoms with van der Waals surface area (Å²) in [6.07, 6.45) is 4.63. The fourth-order valence-electron chi connectivity index (χ4n) is 2.50. The van der Waals surface area contributed by atoms with Crippen molar-refractivity contribution in [3.05, 3.63) is 23.2 Å². The number of nitrogens with two attached hydrogens (primary N) is 1. The minimum Gasteiger partial charge on any atom is -0.398 e. The van der Waals surface area contributed by atoms with Crippen LogP contribution in [0.4, 0.5) is 5.69 Å². The number of sulfonamides is 1. The molecule has 0 amide bonds. The molecule has 0 bridgehead atoms. The molecule has 1 saturated carbocycles. The number of benzene rings is 1. The fourth-order valence-corrected chi connectivity index (χ4v) is 4.02. The van der Waals surface area contributed by atoms with Gasteiger partial charge in [0.1, 0.15) is 0 Å². The minimum absolute atomic E-state index is 0.201. The van der Waals surface area contributed by atoms with E-state index < -0.39 is 10.0 Å². The van der Waals surface area contributed by atoms with Crippen LogP contribution >= 0.6 is 11.6 Å². The summed E-state index contributed by atoms with van der Waals surface area (Å²) in [5.74, 6) is 0.476. The van der Waals surface area contributed by atoms with E-state index >= 15 is 0 Å². The summed E-state index contributed by atoms with van der Waals surface area (Å²) in [6, 6.07) is 4.44. The molecule has 0 radical (unpaired) electrons. The van der Waals surface area contributed by atoms with Crippen molar-refractivity contribution in [3.63, 3.8) is 0 Å². The van der Waals surface area contributed by atoms with E-state index in [0.717, 1.165) is 12.8 Å². The SMILES string of the molecule is CN(CC1CCCC1)S(=O)(=O)c1ccc(N)c(Cl)c1. The molecular weight excluding hydrogens is 284 g/mol. The van der Waals surface area contributed by atoms with E-state index in [1.165, 1.54) is 35.3 Å². The summed E-state index contributed by atoms with van der Waals surface area (Å²) in [6.45, 7) is 0.574. The number of anilines is 1. The second-order valence-corrected chi connectivity index (χ2v) is 7.57. The van der Waals surface area contributed by atoms with Gasteiger partial charge in [0.25, 0.3) is 0 Å². The first kappa shape index (κ1) is 14.6. The van der Waals surface area contributed by atoms with E-state index in [2.05, 4.69) is 0 Å². The monoisotopic (exact) mass is 302 g/mol. The highest BCUT2D eigenvalue weighted by atomic mass is 35.5. The lowest BCUT2D eigenvalue weighted by Crippen LogP contribution is -2.31. The van der Waals surface area contributed by atoms with Crippen LogP contribution in [0.3, 0.4) is 0 Å². The lowest BCUT2D eigenvalue weighted by Gasteiger charge is -2.21. The summed E-state index contributed by atoms with van der Waals surface area (Å²) in [5.41, 5.74) is 5.99. The van der Waals surface area contributed by atoms with E-state index in [-0.39, 0.29) is 9.92 Å². The topological polar surface area (TPSA) is 63.4 Å². The molecule has 0 heterocycles. The van der Waals surface area contributed by atoms with Gasteiger partial charge >= 0.3 is 0 Å². The predicted octanol–water partition coefficient (Wildman–Crippen LogP) is 2.73. The molecule has 0 unspecified atom stereocenters. The molecule has 1 aliphatic rings. The molecule has 2 N–H and O–H groups in total. The highest BCUT2D eigenvalue weighted by Crippen LogP contribution is 2.28. The molecule has 0 saturated heterocycles. The highest BCUT2D eigenvalue weighted by Gasteiger charge is 2.25. The molecule has 1 aliphatic carbocycles. The first-order valence-electron chi connectivity index (χ1n) is 6.42. The Hall–Kier alpha value is -0.780. The molecule has 1 aromatic rings. The van der Waals surface area contributed by atoms with Crippen molar-refractivity contribution in [1.29, 1.82) is 0 Å². The van der Waals surface area contributed by atoms with E-state index in [9.17, 15) is 8.42 Å². The Morgan fingerprint density at radius 2 is 2.00 bits per heavy atom. The maximum atomic E-state index is 12.4. The normalized spacial score (nSPS) is 17.2. The quantitative estimate of drug-likeness (QED) is 0.870. The average molecular weight is 303 g/mol. The van der Waals surface area contributed by atoms with Crippen LogP contribution in [0.15, 0.2) is 23.1 Å². The number of hydrogen-bond donors (Lipinski definition) is 1. The van der Waals surface area contributed by atoms with Crippen LogP contribution in [0.2, 0.25) is 5.02 Å². The van der Waals surface area contributed by atoms with E-state index in [1.54, 1.807) is 7.05 Å². The third kappa shape index (κ3) is 3.22. The van der Waals surface area contributed by atoms with Crippen molar-refractivity contribution >= 4 is 27.3 Å². The van der Waals surface area contributed by atoms with Crippen LogP contribution in [0, 0.1) is 5.92 Å². The van der Waals surface area contributed by atoms with Crippen LogP contribution in [-0.2, 0) is 10.0 Å². The van der Waals surface area contributed by atoms with Gasteiger partial charge in [-0.3, -0.25) is 0 Å². The molecule has 0 aliphatic heterocycles. The Morgan fingerprint density at radius 3 is 2.58 bits per heavy atom. The molecule has 0 aromatic heterocycles. The molecule has 106 valence electrons. The Kier molecular flexibility index (Phi) is 4.38. The van der Waals surface area contributed by atoms with Crippen molar-refractivity contribution in [3.8, 4) is 0 Å². The summed E-state index contributed by atoms with van der Waals surface area (Å²) in [4.78, 5) is 0.201. The zero-order valence-electron chi connectivity index (χ0n) is 11.0. The summed E-state index contributed by atoms with van der Waals surface area (Å²) in [7, 11) is -1.85. The second kappa shape index (κ2) is 5.69. The zero-order chi connectivity index (χ0) is 14.0. The molecule has 4 nitrogen and oxygen atoms in total. The third-order valence-electron chi connectivity index (χ3n) is 3.67. The standard InChI is InChI=1S/C13H19ClN2O2S/c1-16(9-10-4-2-3-5-10)19(17,18)11-6-7-13(15)12(14)8-11/h6-8,10H,2-5,9,15H2,1H3. The first-order valence-corrected chi connectivity index (χ1v) is 8.24. The maximum absolute atomic E-state index is 12.4. The summed E-state index contributed by atoms with van der Waals surface area (Å²) < 4.78 is 26.2. The van der Waals surface area contributed by atoms with Gasteiger partial charge in [-0.05, 0) is 37.0 Å². The molecule has 1 fully saturated rings. The van der Waals surface area contributed by atoms with Gasteiger partial charge in [0.2, 0.25) is 10.0 Å². The van der Waals surface area contributed by atoms with Gasteiger partial charge in [0.15, 0.2) is 0 Å². The lowest BCUT2D eigenvalue weighted by molar-refractivity contribution is 0.387. The van der Waals surface area contributed by atoms with Gasteiger partial charge in [0.05, 0.1) is 15.6 Å². The number of nitrogens with zero attached hydrogens (tertiary/aromatic N) is 1. The number of halogens is 1. The van der Waals surface area contributed by atoms with Crippen molar-refractivity contribution in [1.82, 2.24) is 4.31 Å². The molecule has 19 heavy (non-hydrogen) atoms. The summed E-state index contributed by atoms with van der Waals surface area (Å²) >= 11 is 5.89. The molecule has 0 atom stereocenters. The summed E-state index contributed by atoms with van der Waals surface area (Å²) in [5, 5.41) is 0.273. The Morgan fingerprint density at radius 1 is 1.37 bits per heavy atom.